The summed E-state index contributed by atoms with van der Waals surface area (Å²) in [6.45, 7) is 3.82. The van der Waals surface area contributed by atoms with Crippen molar-refractivity contribution >= 4 is 5.97 Å². The maximum Gasteiger partial charge on any atom is 0.325 e. The van der Waals surface area contributed by atoms with Gasteiger partial charge in [0.1, 0.15) is 11.9 Å². The fourth-order valence-corrected chi connectivity index (χ4v) is 1.47. The van der Waals surface area contributed by atoms with Crippen molar-refractivity contribution in [1.29, 1.82) is 0 Å². The molecule has 3 nitrogen and oxygen atoms in total. The number of carboxylic acids is 1. The van der Waals surface area contributed by atoms with Gasteiger partial charge >= 0.3 is 5.97 Å². The Kier molecular flexibility index (Phi) is 3.42. The summed E-state index contributed by atoms with van der Waals surface area (Å²) in [6, 6.07) is 2.91. The van der Waals surface area contributed by atoms with Crippen LogP contribution in [0.15, 0.2) is 18.2 Å². The number of halogens is 1. The highest BCUT2D eigenvalue weighted by molar-refractivity contribution is 5.75. The Bertz CT molecular complexity index is 377. The normalized spacial score (nSPS) is 12.9. The minimum Gasteiger partial charge on any atom is -0.480 e. The Balaban J connectivity index is 3.24. The second-order valence-corrected chi connectivity index (χ2v) is 3.74. The number of aliphatic carboxylic acids is 1. The number of hydrogen-bond donors (Lipinski definition) is 2. The van der Waals surface area contributed by atoms with E-state index in [-0.39, 0.29) is 5.92 Å². The van der Waals surface area contributed by atoms with Crippen molar-refractivity contribution in [2.24, 2.45) is 5.73 Å². The Labute approximate surface area is 87.7 Å². The first-order chi connectivity index (χ1) is 6.93. The van der Waals surface area contributed by atoms with E-state index in [1.54, 1.807) is 6.07 Å². The highest BCUT2D eigenvalue weighted by Crippen LogP contribution is 2.24. The molecule has 0 spiro atoms. The molecule has 0 aliphatic heterocycles. The van der Waals surface area contributed by atoms with E-state index in [0.29, 0.717) is 5.56 Å². The summed E-state index contributed by atoms with van der Waals surface area (Å²) >= 11 is 0. The molecule has 0 heterocycles. The average molecular weight is 211 g/mol. The van der Waals surface area contributed by atoms with Crippen molar-refractivity contribution in [1.82, 2.24) is 0 Å². The lowest BCUT2D eigenvalue weighted by atomic mass is 9.93. The summed E-state index contributed by atoms with van der Waals surface area (Å²) in [4.78, 5) is 10.7. The zero-order valence-electron chi connectivity index (χ0n) is 8.70. The molecule has 0 aromatic heterocycles. The Morgan fingerprint density at radius 1 is 1.40 bits per heavy atom. The van der Waals surface area contributed by atoms with Crippen LogP contribution in [0.1, 0.15) is 36.9 Å². The van der Waals surface area contributed by atoms with Crippen LogP contribution in [0.4, 0.5) is 4.39 Å². The van der Waals surface area contributed by atoms with Crippen molar-refractivity contribution in [3.63, 3.8) is 0 Å². The maximum atomic E-state index is 13.0. The van der Waals surface area contributed by atoms with E-state index in [1.165, 1.54) is 12.1 Å². The molecule has 0 fully saturated rings. The molecule has 0 aliphatic carbocycles. The van der Waals surface area contributed by atoms with Crippen LogP contribution in [0.5, 0.6) is 0 Å². The summed E-state index contributed by atoms with van der Waals surface area (Å²) in [5, 5.41) is 8.79. The molecule has 3 N–H and O–H groups in total. The zero-order valence-corrected chi connectivity index (χ0v) is 8.70. The van der Waals surface area contributed by atoms with Crippen molar-refractivity contribution < 1.29 is 14.3 Å². The largest absolute Gasteiger partial charge is 0.480 e. The van der Waals surface area contributed by atoms with E-state index >= 15 is 0 Å². The smallest absolute Gasteiger partial charge is 0.325 e. The summed E-state index contributed by atoms with van der Waals surface area (Å²) in [5.41, 5.74) is 6.59. The third kappa shape index (κ3) is 2.53. The Morgan fingerprint density at radius 2 is 2.00 bits per heavy atom. The van der Waals surface area contributed by atoms with Gasteiger partial charge < -0.3 is 10.8 Å². The zero-order chi connectivity index (χ0) is 11.6. The molecule has 0 bridgehead atoms. The lowest BCUT2D eigenvalue weighted by molar-refractivity contribution is -0.138. The predicted octanol–water partition coefficient (Wildman–Crippen LogP) is 2.03. The molecule has 0 radical (unpaired) electrons. The molecule has 1 unspecified atom stereocenters. The number of benzene rings is 1. The van der Waals surface area contributed by atoms with Gasteiger partial charge in [0.05, 0.1) is 0 Å². The van der Waals surface area contributed by atoms with E-state index < -0.39 is 17.8 Å². The van der Waals surface area contributed by atoms with Gasteiger partial charge in [-0.15, -0.1) is 0 Å². The van der Waals surface area contributed by atoms with Crippen molar-refractivity contribution in [2.45, 2.75) is 25.8 Å². The summed E-state index contributed by atoms with van der Waals surface area (Å²) < 4.78 is 13.0. The molecular weight excluding hydrogens is 197 g/mol. The summed E-state index contributed by atoms with van der Waals surface area (Å²) in [6.07, 6.45) is 0. The van der Waals surface area contributed by atoms with E-state index in [4.69, 9.17) is 10.8 Å². The molecular formula is C11H14FNO2. The molecule has 82 valence electrons. The van der Waals surface area contributed by atoms with Crippen LogP contribution in [0.25, 0.3) is 0 Å². The van der Waals surface area contributed by atoms with Gasteiger partial charge in [-0.05, 0) is 29.2 Å². The number of rotatable bonds is 3. The third-order valence-corrected chi connectivity index (χ3v) is 2.27. The van der Waals surface area contributed by atoms with Gasteiger partial charge in [-0.1, -0.05) is 19.9 Å². The molecule has 1 atom stereocenters. The van der Waals surface area contributed by atoms with E-state index in [2.05, 4.69) is 0 Å². The number of carbonyl (C=O) groups is 1. The van der Waals surface area contributed by atoms with Gasteiger partial charge in [0, 0.05) is 0 Å². The van der Waals surface area contributed by atoms with Crippen LogP contribution in [-0.4, -0.2) is 11.1 Å². The van der Waals surface area contributed by atoms with E-state index in [0.717, 1.165) is 5.56 Å². The topological polar surface area (TPSA) is 63.3 Å². The van der Waals surface area contributed by atoms with E-state index in [9.17, 15) is 9.18 Å². The standard InChI is InChI=1S/C11H14FNO2/c1-6(2)8-4-3-7(12)5-9(8)10(13)11(14)15/h3-6,10H,13H2,1-2H3,(H,14,15). The fraction of sp³-hybridized carbons (Fsp3) is 0.364. The van der Waals surface area contributed by atoms with Crippen LogP contribution in [-0.2, 0) is 4.79 Å². The monoisotopic (exact) mass is 211 g/mol. The molecule has 0 amide bonds. The predicted molar refractivity (Wildman–Crippen MR) is 55.1 cm³/mol. The van der Waals surface area contributed by atoms with Gasteiger partial charge in [-0.2, -0.15) is 0 Å². The molecule has 0 aliphatic rings. The molecule has 1 aromatic carbocycles. The second-order valence-electron chi connectivity index (χ2n) is 3.74. The summed E-state index contributed by atoms with van der Waals surface area (Å²) in [5.74, 6) is -1.50. The maximum absolute atomic E-state index is 13.0. The van der Waals surface area contributed by atoms with E-state index in [1.807, 2.05) is 13.8 Å². The van der Waals surface area contributed by atoms with Crippen LogP contribution in [0.2, 0.25) is 0 Å². The molecule has 0 saturated heterocycles. The minimum atomic E-state index is -1.17. The van der Waals surface area contributed by atoms with Crippen LogP contribution < -0.4 is 5.73 Å². The van der Waals surface area contributed by atoms with Gasteiger partial charge in [-0.25, -0.2) is 4.39 Å². The number of nitrogens with two attached hydrogens (primary N) is 1. The van der Waals surface area contributed by atoms with Gasteiger partial charge in [-0.3, -0.25) is 4.79 Å². The first-order valence-electron chi connectivity index (χ1n) is 4.71. The molecule has 1 rings (SSSR count). The molecule has 1 aromatic rings. The second kappa shape index (κ2) is 4.40. The van der Waals surface area contributed by atoms with Gasteiger partial charge in [0.2, 0.25) is 0 Å². The summed E-state index contributed by atoms with van der Waals surface area (Å²) in [7, 11) is 0. The van der Waals surface area contributed by atoms with Crippen molar-refractivity contribution in [2.75, 3.05) is 0 Å². The lowest BCUT2D eigenvalue weighted by Crippen LogP contribution is -2.22. The van der Waals surface area contributed by atoms with Crippen molar-refractivity contribution in [3.05, 3.63) is 35.1 Å². The molecule has 0 saturated carbocycles. The average Bonchev–Trinajstić information content (AvgIpc) is 2.15. The molecule has 4 heteroatoms. The minimum absolute atomic E-state index is 0.117. The number of hydrogen-bond acceptors (Lipinski definition) is 2. The highest BCUT2D eigenvalue weighted by Gasteiger charge is 2.19. The quantitative estimate of drug-likeness (QED) is 0.804. The van der Waals surface area contributed by atoms with Crippen LogP contribution in [0.3, 0.4) is 0 Å². The molecule has 15 heavy (non-hydrogen) atoms. The first kappa shape index (κ1) is 11.7. The third-order valence-electron chi connectivity index (χ3n) is 2.27. The van der Waals surface area contributed by atoms with Crippen LogP contribution in [0, 0.1) is 5.82 Å². The lowest BCUT2D eigenvalue weighted by Gasteiger charge is -2.15. The Hall–Kier alpha value is -1.42. The SMILES string of the molecule is CC(C)c1ccc(F)cc1C(N)C(=O)O. The number of carboxylic acid groups (broad SMARTS) is 1. The Morgan fingerprint density at radius 3 is 2.47 bits per heavy atom. The fourth-order valence-electron chi connectivity index (χ4n) is 1.47. The first-order valence-corrected chi connectivity index (χ1v) is 4.71. The van der Waals surface area contributed by atoms with Crippen LogP contribution >= 0.6 is 0 Å². The van der Waals surface area contributed by atoms with Gasteiger partial charge in [0.15, 0.2) is 0 Å². The highest BCUT2D eigenvalue weighted by atomic mass is 19.1. The van der Waals surface area contributed by atoms with Gasteiger partial charge in [0.25, 0.3) is 0 Å². The van der Waals surface area contributed by atoms with Crippen molar-refractivity contribution in [3.8, 4) is 0 Å².